The minimum absolute atomic E-state index is 0.115. The molecule has 16 heavy (non-hydrogen) atoms. The van der Waals surface area contributed by atoms with E-state index in [0.29, 0.717) is 5.75 Å². The summed E-state index contributed by atoms with van der Waals surface area (Å²) in [5, 5.41) is 13.1. The molecule has 0 aromatic heterocycles. The summed E-state index contributed by atoms with van der Waals surface area (Å²) in [7, 11) is 0. The van der Waals surface area contributed by atoms with Gasteiger partial charge in [0.1, 0.15) is 5.75 Å². The second-order valence-electron chi connectivity index (χ2n) is 4.59. The molecule has 1 fully saturated rings. The Balaban J connectivity index is 2.13. The number of phenolic OH excluding ortho intramolecular Hbond substituents is 1. The Kier molecular flexibility index (Phi) is 2.01. The van der Waals surface area contributed by atoms with Gasteiger partial charge in [-0.05, 0) is 32.4 Å². The first-order valence-electron chi connectivity index (χ1n) is 5.57. The van der Waals surface area contributed by atoms with Gasteiger partial charge in [0.2, 0.25) is 6.79 Å². The maximum Gasteiger partial charge on any atom is 0.231 e. The fourth-order valence-corrected chi connectivity index (χ4v) is 2.53. The van der Waals surface area contributed by atoms with E-state index in [1.165, 1.54) is 0 Å². The van der Waals surface area contributed by atoms with E-state index in [2.05, 4.69) is 12.2 Å². The third kappa shape index (κ3) is 1.33. The van der Waals surface area contributed by atoms with Crippen LogP contribution in [-0.2, 0) is 5.54 Å². The molecule has 2 heterocycles. The second kappa shape index (κ2) is 3.28. The number of phenols is 1. The molecular formula is C12H15NO3. The zero-order valence-electron chi connectivity index (χ0n) is 9.25. The van der Waals surface area contributed by atoms with Crippen LogP contribution in [0.5, 0.6) is 17.2 Å². The number of nitrogens with one attached hydrogen (secondary N) is 1. The summed E-state index contributed by atoms with van der Waals surface area (Å²) in [6, 6.07) is 3.37. The lowest BCUT2D eigenvalue weighted by atomic mass is 9.89. The van der Waals surface area contributed by atoms with Gasteiger partial charge in [-0.1, -0.05) is 0 Å². The number of rotatable bonds is 1. The second-order valence-corrected chi connectivity index (χ2v) is 4.59. The van der Waals surface area contributed by atoms with E-state index in [-0.39, 0.29) is 18.1 Å². The highest BCUT2D eigenvalue weighted by atomic mass is 16.7. The molecule has 0 spiro atoms. The SMILES string of the molecule is CC1(c2cc(O)cc3c2OCO3)CCCN1. The van der Waals surface area contributed by atoms with Gasteiger partial charge in [-0.2, -0.15) is 0 Å². The molecule has 2 N–H and O–H groups in total. The molecule has 4 nitrogen and oxygen atoms in total. The molecule has 1 unspecified atom stereocenters. The smallest absolute Gasteiger partial charge is 0.231 e. The van der Waals surface area contributed by atoms with Gasteiger partial charge >= 0.3 is 0 Å². The van der Waals surface area contributed by atoms with Crippen LogP contribution in [0.2, 0.25) is 0 Å². The zero-order valence-corrected chi connectivity index (χ0v) is 9.25. The normalized spacial score (nSPS) is 27.3. The number of hydrogen-bond acceptors (Lipinski definition) is 4. The summed E-state index contributed by atoms with van der Waals surface area (Å²) in [5.74, 6) is 1.65. The molecule has 0 aliphatic carbocycles. The summed E-state index contributed by atoms with van der Waals surface area (Å²) >= 11 is 0. The zero-order chi connectivity index (χ0) is 11.2. The Morgan fingerprint density at radius 1 is 1.38 bits per heavy atom. The van der Waals surface area contributed by atoms with Gasteiger partial charge in [0.05, 0.1) is 0 Å². The van der Waals surface area contributed by atoms with Crippen LogP contribution in [0.25, 0.3) is 0 Å². The molecule has 0 amide bonds. The average Bonchev–Trinajstić information content (AvgIpc) is 2.85. The topological polar surface area (TPSA) is 50.7 Å². The lowest BCUT2D eigenvalue weighted by Crippen LogP contribution is -2.33. The highest BCUT2D eigenvalue weighted by molar-refractivity contribution is 5.55. The third-order valence-corrected chi connectivity index (χ3v) is 3.42. The van der Waals surface area contributed by atoms with E-state index < -0.39 is 0 Å². The fourth-order valence-electron chi connectivity index (χ4n) is 2.53. The monoisotopic (exact) mass is 221 g/mol. The number of benzene rings is 1. The molecule has 2 aliphatic rings. The molecule has 0 saturated carbocycles. The Bertz CT molecular complexity index is 425. The van der Waals surface area contributed by atoms with Crippen molar-refractivity contribution in [3.8, 4) is 17.2 Å². The van der Waals surface area contributed by atoms with Crippen LogP contribution < -0.4 is 14.8 Å². The van der Waals surface area contributed by atoms with Gasteiger partial charge in [0.15, 0.2) is 11.5 Å². The van der Waals surface area contributed by atoms with Crippen molar-refractivity contribution in [2.75, 3.05) is 13.3 Å². The highest BCUT2D eigenvalue weighted by Gasteiger charge is 2.35. The predicted octanol–water partition coefficient (Wildman–Crippen LogP) is 1.72. The summed E-state index contributed by atoms with van der Waals surface area (Å²) in [6.07, 6.45) is 2.19. The van der Waals surface area contributed by atoms with Gasteiger partial charge in [-0.3, -0.25) is 0 Å². The van der Waals surface area contributed by atoms with Gasteiger partial charge in [0.25, 0.3) is 0 Å². The van der Waals surface area contributed by atoms with Crippen LogP contribution in [0.1, 0.15) is 25.3 Å². The minimum Gasteiger partial charge on any atom is -0.508 e. The molecule has 2 aliphatic heterocycles. The first-order valence-corrected chi connectivity index (χ1v) is 5.57. The first-order chi connectivity index (χ1) is 7.69. The molecule has 0 radical (unpaired) electrons. The van der Waals surface area contributed by atoms with E-state index in [0.717, 1.165) is 30.7 Å². The quantitative estimate of drug-likeness (QED) is 0.758. The lowest BCUT2D eigenvalue weighted by molar-refractivity contribution is 0.171. The number of hydrogen-bond donors (Lipinski definition) is 2. The maximum absolute atomic E-state index is 9.69. The average molecular weight is 221 g/mol. The van der Waals surface area contributed by atoms with Crippen LogP contribution in [0.15, 0.2) is 12.1 Å². The van der Waals surface area contributed by atoms with E-state index in [1.54, 1.807) is 12.1 Å². The van der Waals surface area contributed by atoms with Crippen LogP contribution in [0.3, 0.4) is 0 Å². The van der Waals surface area contributed by atoms with Crippen molar-refractivity contribution in [2.24, 2.45) is 0 Å². The standard InChI is InChI=1S/C12H15NO3/c1-12(3-2-4-13-12)9-5-8(14)6-10-11(9)16-7-15-10/h5-6,13-14H,2-4,7H2,1H3. The fraction of sp³-hybridized carbons (Fsp3) is 0.500. The van der Waals surface area contributed by atoms with Crippen molar-refractivity contribution in [1.82, 2.24) is 5.32 Å². The molecule has 86 valence electrons. The van der Waals surface area contributed by atoms with E-state index in [4.69, 9.17) is 9.47 Å². The van der Waals surface area contributed by atoms with Gasteiger partial charge in [0, 0.05) is 17.2 Å². The minimum atomic E-state index is -0.115. The number of aromatic hydroxyl groups is 1. The van der Waals surface area contributed by atoms with Crippen molar-refractivity contribution < 1.29 is 14.6 Å². The highest BCUT2D eigenvalue weighted by Crippen LogP contribution is 2.45. The number of ether oxygens (including phenoxy) is 2. The molecular weight excluding hydrogens is 206 g/mol. The van der Waals surface area contributed by atoms with Crippen LogP contribution in [-0.4, -0.2) is 18.4 Å². The Hall–Kier alpha value is -1.42. The molecule has 4 heteroatoms. The first kappa shape index (κ1) is 9.78. The van der Waals surface area contributed by atoms with Crippen molar-refractivity contribution in [3.05, 3.63) is 17.7 Å². The largest absolute Gasteiger partial charge is 0.508 e. The van der Waals surface area contributed by atoms with Crippen LogP contribution in [0, 0.1) is 0 Å². The lowest BCUT2D eigenvalue weighted by Gasteiger charge is -2.26. The summed E-state index contributed by atoms with van der Waals surface area (Å²) in [4.78, 5) is 0. The van der Waals surface area contributed by atoms with Crippen molar-refractivity contribution in [3.63, 3.8) is 0 Å². The summed E-state index contributed by atoms with van der Waals surface area (Å²) < 4.78 is 10.8. The molecule has 0 bridgehead atoms. The van der Waals surface area contributed by atoms with Crippen LogP contribution >= 0.6 is 0 Å². The van der Waals surface area contributed by atoms with E-state index >= 15 is 0 Å². The van der Waals surface area contributed by atoms with Gasteiger partial charge < -0.3 is 19.9 Å². The summed E-state index contributed by atoms with van der Waals surface area (Å²) in [5.41, 5.74) is 0.883. The summed E-state index contributed by atoms with van der Waals surface area (Å²) in [6.45, 7) is 3.38. The van der Waals surface area contributed by atoms with Crippen molar-refractivity contribution in [2.45, 2.75) is 25.3 Å². The maximum atomic E-state index is 9.69. The molecule has 1 aromatic carbocycles. The Morgan fingerprint density at radius 2 is 2.25 bits per heavy atom. The molecule has 1 saturated heterocycles. The Morgan fingerprint density at radius 3 is 3.00 bits per heavy atom. The predicted molar refractivity (Wildman–Crippen MR) is 58.8 cm³/mol. The molecule has 1 aromatic rings. The Labute approximate surface area is 94.2 Å². The van der Waals surface area contributed by atoms with E-state index in [1.807, 2.05) is 0 Å². The van der Waals surface area contributed by atoms with Crippen molar-refractivity contribution >= 4 is 0 Å². The van der Waals surface area contributed by atoms with Crippen LogP contribution in [0.4, 0.5) is 0 Å². The van der Waals surface area contributed by atoms with E-state index in [9.17, 15) is 5.11 Å². The molecule has 3 rings (SSSR count). The van der Waals surface area contributed by atoms with Gasteiger partial charge in [-0.25, -0.2) is 0 Å². The number of fused-ring (bicyclic) bond motifs is 1. The van der Waals surface area contributed by atoms with Crippen molar-refractivity contribution in [1.29, 1.82) is 0 Å². The van der Waals surface area contributed by atoms with Gasteiger partial charge in [-0.15, -0.1) is 0 Å². The molecule has 1 atom stereocenters. The third-order valence-electron chi connectivity index (χ3n) is 3.42.